The second kappa shape index (κ2) is 10.3. The molecule has 0 amide bonds. The molecule has 0 bridgehead atoms. The van der Waals surface area contributed by atoms with Gasteiger partial charge >= 0.3 is 0 Å². The number of likely N-dealkylation sites (N-methyl/N-ethyl adjacent to an activating group) is 1. The summed E-state index contributed by atoms with van der Waals surface area (Å²) in [6.45, 7) is 7.45. The molecule has 1 fully saturated rings. The Morgan fingerprint density at radius 2 is 2.00 bits per heavy atom. The monoisotopic (exact) mass is 347 g/mol. The molecule has 0 heterocycles. The van der Waals surface area contributed by atoms with E-state index in [-0.39, 0.29) is 6.10 Å². The van der Waals surface area contributed by atoms with Gasteiger partial charge in [-0.3, -0.25) is 4.99 Å². The molecule has 5 heteroatoms. The van der Waals surface area contributed by atoms with Crippen LogP contribution in [-0.4, -0.2) is 57.4 Å². The molecule has 1 aliphatic carbocycles. The van der Waals surface area contributed by atoms with E-state index in [1.807, 2.05) is 40.1 Å². The number of aliphatic imine (C=N–C) groups is 1. The summed E-state index contributed by atoms with van der Waals surface area (Å²) in [4.78, 5) is 6.47. The van der Waals surface area contributed by atoms with Gasteiger partial charge in [0.25, 0.3) is 0 Å². The SMILES string of the molecule is CN=C(NCCc1ccc(OC(C)C)cc1)N(C)CCOCC1CC1. The minimum atomic E-state index is 0.208. The van der Waals surface area contributed by atoms with Crippen molar-refractivity contribution in [1.82, 2.24) is 10.2 Å². The lowest BCUT2D eigenvalue weighted by molar-refractivity contribution is 0.115. The molecule has 0 spiro atoms. The second-order valence-corrected chi connectivity index (χ2v) is 6.97. The predicted molar refractivity (Wildman–Crippen MR) is 103 cm³/mol. The molecule has 2 rings (SSSR count). The standard InChI is InChI=1S/C20H33N3O2/c1-16(2)25-19-9-7-17(8-10-19)11-12-22-20(21-3)23(4)13-14-24-15-18-5-6-18/h7-10,16,18H,5-6,11-15H2,1-4H3,(H,21,22). The second-order valence-electron chi connectivity index (χ2n) is 6.97. The lowest BCUT2D eigenvalue weighted by Crippen LogP contribution is -2.41. The van der Waals surface area contributed by atoms with E-state index in [1.54, 1.807) is 0 Å². The van der Waals surface area contributed by atoms with Gasteiger partial charge in [-0.2, -0.15) is 0 Å². The van der Waals surface area contributed by atoms with Gasteiger partial charge in [-0.05, 0) is 56.7 Å². The van der Waals surface area contributed by atoms with Crippen LogP contribution in [0.3, 0.4) is 0 Å². The van der Waals surface area contributed by atoms with Gasteiger partial charge in [0, 0.05) is 33.8 Å². The highest BCUT2D eigenvalue weighted by molar-refractivity contribution is 5.79. The van der Waals surface area contributed by atoms with E-state index in [9.17, 15) is 0 Å². The first kappa shape index (κ1) is 19.6. The van der Waals surface area contributed by atoms with Crippen LogP contribution in [0.4, 0.5) is 0 Å². The highest BCUT2D eigenvalue weighted by Crippen LogP contribution is 2.28. The Balaban J connectivity index is 1.65. The Morgan fingerprint density at radius 3 is 2.60 bits per heavy atom. The zero-order valence-electron chi connectivity index (χ0n) is 16.1. The van der Waals surface area contributed by atoms with Crippen molar-refractivity contribution < 1.29 is 9.47 Å². The molecular formula is C20H33N3O2. The maximum Gasteiger partial charge on any atom is 0.193 e. The quantitative estimate of drug-likeness (QED) is 0.402. The summed E-state index contributed by atoms with van der Waals surface area (Å²) in [5.74, 6) is 2.66. The Hall–Kier alpha value is -1.75. The van der Waals surface area contributed by atoms with Crippen molar-refractivity contribution in [3.8, 4) is 5.75 Å². The van der Waals surface area contributed by atoms with Crippen molar-refractivity contribution >= 4 is 5.96 Å². The number of nitrogens with zero attached hydrogens (tertiary/aromatic N) is 2. The van der Waals surface area contributed by atoms with Crippen LogP contribution in [0.5, 0.6) is 5.75 Å². The summed E-state index contributed by atoms with van der Waals surface area (Å²) < 4.78 is 11.4. The van der Waals surface area contributed by atoms with Gasteiger partial charge in [-0.25, -0.2) is 0 Å². The zero-order chi connectivity index (χ0) is 18.1. The van der Waals surface area contributed by atoms with Crippen LogP contribution >= 0.6 is 0 Å². The highest BCUT2D eigenvalue weighted by Gasteiger charge is 2.21. The molecule has 1 saturated carbocycles. The maximum absolute atomic E-state index is 5.70. The average molecular weight is 348 g/mol. The maximum atomic E-state index is 5.70. The molecule has 0 aliphatic heterocycles. The van der Waals surface area contributed by atoms with Crippen LogP contribution in [0.2, 0.25) is 0 Å². The lowest BCUT2D eigenvalue weighted by Gasteiger charge is -2.22. The molecule has 0 radical (unpaired) electrons. The summed E-state index contributed by atoms with van der Waals surface area (Å²) in [6.07, 6.45) is 3.83. The smallest absolute Gasteiger partial charge is 0.193 e. The van der Waals surface area contributed by atoms with Gasteiger partial charge in [0.05, 0.1) is 12.7 Å². The minimum Gasteiger partial charge on any atom is -0.491 e. The number of ether oxygens (including phenoxy) is 2. The number of nitrogens with one attached hydrogen (secondary N) is 1. The van der Waals surface area contributed by atoms with E-state index in [2.05, 4.69) is 27.3 Å². The van der Waals surface area contributed by atoms with Crippen LogP contribution in [-0.2, 0) is 11.2 Å². The Kier molecular flexibility index (Phi) is 8.06. The first-order valence-corrected chi connectivity index (χ1v) is 9.33. The first-order valence-electron chi connectivity index (χ1n) is 9.33. The summed E-state index contributed by atoms with van der Waals surface area (Å²) in [5, 5.41) is 3.42. The topological polar surface area (TPSA) is 46.1 Å². The van der Waals surface area contributed by atoms with Gasteiger partial charge in [0.2, 0.25) is 0 Å². The van der Waals surface area contributed by atoms with Gasteiger partial charge < -0.3 is 19.7 Å². The largest absolute Gasteiger partial charge is 0.491 e. The third kappa shape index (κ3) is 7.78. The molecule has 1 aromatic rings. The summed E-state index contributed by atoms with van der Waals surface area (Å²) in [7, 11) is 3.87. The van der Waals surface area contributed by atoms with Gasteiger partial charge in [0.1, 0.15) is 5.75 Å². The summed E-state index contributed by atoms with van der Waals surface area (Å²) in [6, 6.07) is 8.32. The lowest BCUT2D eigenvalue weighted by atomic mass is 10.1. The molecule has 0 unspecified atom stereocenters. The fourth-order valence-corrected chi connectivity index (χ4v) is 2.55. The number of rotatable bonds is 10. The van der Waals surface area contributed by atoms with Crippen molar-refractivity contribution in [2.45, 2.75) is 39.2 Å². The predicted octanol–water partition coefficient (Wildman–Crippen LogP) is 2.95. The van der Waals surface area contributed by atoms with Crippen LogP contribution in [0.15, 0.2) is 29.3 Å². The molecule has 5 nitrogen and oxygen atoms in total. The summed E-state index contributed by atoms with van der Waals surface area (Å²) in [5.41, 5.74) is 1.29. The number of hydrogen-bond donors (Lipinski definition) is 1. The third-order valence-corrected chi connectivity index (χ3v) is 4.19. The van der Waals surface area contributed by atoms with Crippen LogP contribution < -0.4 is 10.1 Å². The third-order valence-electron chi connectivity index (χ3n) is 4.19. The zero-order valence-corrected chi connectivity index (χ0v) is 16.1. The van der Waals surface area contributed by atoms with Gasteiger partial charge in [-0.15, -0.1) is 0 Å². The fourth-order valence-electron chi connectivity index (χ4n) is 2.55. The van der Waals surface area contributed by atoms with Crippen molar-refractivity contribution in [2.75, 3.05) is 40.4 Å². The van der Waals surface area contributed by atoms with E-state index in [0.717, 1.165) is 50.4 Å². The van der Waals surface area contributed by atoms with Crippen molar-refractivity contribution in [1.29, 1.82) is 0 Å². The van der Waals surface area contributed by atoms with Crippen molar-refractivity contribution in [3.63, 3.8) is 0 Å². The van der Waals surface area contributed by atoms with Crippen LogP contribution in [0, 0.1) is 5.92 Å². The molecule has 140 valence electrons. The number of hydrogen-bond acceptors (Lipinski definition) is 3. The first-order chi connectivity index (χ1) is 12.1. The van der Waals surface area contributed by atoms with Gasteiger partial charge in [0.15, 0.2) is 5.96 Å². The normalized spacial score (nSPS) is 14.7. The Morgan fingerprint density at radius 1 is 1.28 bits per heavy atom. The average Bonchev–Trinajstić information content (AvgIpc) is 3.41. The molecule has 0 atom stereocenters. The molecule has 1 N–H and O–H groups in total. The van der Waals surface area contributed by atoms with E-state index in [4.69, 9.17) is 9.47 Å². The molecular weight excluding hydrogens is 314 g/mol. The molecule has 1 aliphatic rings. The Bertz CT molecular complexity index is 524. The summed E-state index contributed by atoms with van der Waals surface area (Å²) >= 11 is 0. The van der Waals surface area contributed by atoms with Crippen molar-refractivity contribution in [3.05, 3.63) is 29.8 Å². The van der Waals surface area contributed by atoms with Gasteiger partial charge in [-0.1, -0.05) is 12.1 Å². The Labute approximate surface area is 152 Å². The molecule has 0 aromatic heterocycles. The van der Waals surface area contributed by atoms with Crippen LogP contribution in [0.25, 0.3) is 0 Å². The highest BCUT2D eigenvalue weighted by atomic mass is 16.5. The van der Waals surface area contributed by atoms with Crippen LogP contribution in [0.1, 0.15) is 32.3 Å². The van der Waals surface area contributed by atoms with E-state index in [1.165, 1.54) is 18.4 Å². The minimum absolute atomic E-state index is 0.208. The van der Waals surface area contributed by atoms with E-state index in [0.29, 0.717) is 0 Å². The molecule has 1 aromatic carbocycles. The van der Waals surface area contributed by atoms with Crippen molar-refractivity contribution in [2.24, 2.45) is 10.9 Å². The fraction of sp³-hybridized carbons (Fsp3) is 0.650. The molecule has 25 heavy (non-hydrogen) atoms. The number of benzene rings is 1. The molecule has 0 saturated heterocycles. The van der Waals surface area contributed by atoms with E-state index < -0.39 is 0 Å². The van der Waals surface area contributed by atoms with E-state index >= 15 is 0 Å². The number of guanidine groups is 1.